The van der Waals surface area contributed by atoms with Crippen LogP contribution in [0.15, 0.2) is 18.2 Å². The average molecular weight is 277 g/mol. The molecule has 1 aliphatic rings. The Labute approximate surface area is 120 Å². The number of hydrogen-bond acceptors (Lipinski definition) is 4. The Hall–Kier alpha value is -1.75. The molecule has 0 aliphatic carbocycles. The molecular weight excluding hydrogens is 254 g/mol. The van der Waals surface area contributed by atoms with E-state index >= 15 is 0 Å². The van der Waals surface area contributed by atoms with E-state index in [-0.39, 0.29) is 5.91 Å². The molecule has 0 aromatic heterocycles. The fourth-order valence-electron chi connectivity index (χ4n) is 2.61. The number of carbonyl (C=O) groups excluding carboxylic acids is 1. The van der Waals surface area contributed by atoms with Crippen molar-refractivity contribution in [3.8, 4) is 5.75 Å². The van der Waals surface area contributed by atoms with Crippen LogP contribution in [0.1, 0.15) is 23.7 Å². The smallest absolute Gasteiger partial charge is 0.257 e. The van der Waals surface area contributed by atoms with Crippen LogP contribution in [0, 0.1) is 0 Å². The monoisotopic (exact) mass is 277 g/mol. The van der Waals surface area contributed by atoms with Gasteiger partial charge in [-0.3, -0.25) is 9.69 Å². The molecule has 1 amide bonds. The second-order valence-corrected chi connectivity index (χ2v) is 5.06. The van der Waals surface area contributed by atoms with Gasteiger partial charge < -0.3 is 15.4 Å². The van der Waals surface area contributed by atoms with Gasteiger partial charge in [-0.1, -0.05) is 13.0 Å². The highest BCUT2D eigenvalue weighted by molar-refractivity contribution is 5.98. The van der Waals surface area contributed by atoms with Crippen molar-refractivity contribution in [3.05, 3.63) is 23.8 Å². The molecule has 0 spiro atoms. The van der Waals surface area contributed by atoms with Gasteiger partial charge in [0.2, 0.25) is 0 Å². The van der Waals surface area contributed by atoms with E-state index in [0.29, 0.717) is 17.0 Å². The molecule has 1 saturated heterocycles. The van der Waals surface area contributed by atoms with Crippen LogP contribution in [-0.4, -0.2) is 55.5 Å². The number of nitrogen functional groups attached to an aromatic ring is 1. The molecular formula is C15H23N3O2. The molecule has 5 heteroatoms. The number of para-hydroxylation sites is 1. The largest absolute Gasteiger partial charge is 0.494 e. The first-order valence-corrected chi connectivity index (χ1v) is 7.11. The number of methoxy groups -OCH3 is 1. The molecule has 20 heavy (non-hydrogen) atoms. The van der Waals surface area contributed by atoms with Gasteiger partial charge in [-0.15, -0.1) is 0 Å². The standard InChI is InChI=1S/C15H23N3O2/c1-3-7-17-8-10-18(11-9-17)15(19)12-5-4-6-13(16)14(12)20-2/h4-6H,3,7-11,16H2,1-2H3. The Bertz CT molecular complexity index is 468. The van der Waals surface area contributed by atoms with Gasteiger partial charge in [-0.2, -0.15) is 0 Å². The summed E-state index contributed by atoms with van der Waals surface area (Å²) < 4.78 is 5.26. The molecule has 1 heterocycles. The van der Waals surface area contributed by atoms with Crippen LogP contribution in [0.4, 0.5) is 5.69 Å². The minimum absolute atomic E-state index is 0.00491. The third kappa shape index (κ3) is 3.04. The molecule has 0 unspecified atom stereocenters. The minimum atomic E-state index is 0.00491. The van der Waals surface area contributed by atoms with Crippen LogP contribution in [0.5, 0.6) is 5.75 Å². The van der Waals surface area contributed by atoms with Gasteiger partial charge in [0.15, 0.2) is 5.75 Å². The highest BCUT2D eigenvalue weighted by Crippen LogP contribution is 2.27. The molecule has 110 valence electrons. The summed E-state index contributed by atoms with van der Waals surface area (Å²) in [7, 11) is 1.54. The normalized spacial score (nSPS) is 16.2. The second kappa shape index (κ2) is 6.61. The summed E-state index contributed by atoms with van der Waals surface area (Å²) in [6.45, 7) is 6.67. The first kappa shape index (κ1) is 14.7. The molecule has 0 atom stereocenters. The van der Waals surface area contributed by atoms with Crippen LogP contribution in [0.25, 0.3) is 0 Å². The Balaban J connectivity index is 2.08. The Morgan fingerprint density at radius 2 is 2.00 bits per heavy atom. The molecule has 1 aliphatic heterocycles. The van der Waals surface area contributed by atoms with Crippen LogP contribution >= 0.6 is 0 Å². The maximum absolute atomic E-state index is 12.6. The van der Waals surface area contributed by atoms with Crippen molar-refractivity contribution in [2.24, 2.45) is 0 Å². The van der Waals surface area contributed by atoms with Gasteiger partial charge in [0.1, 0.15) is 0 Å². The molecule has 0 radical (unpaired) electrons. The third-order valence-corrected chi connectivity index (χ3v) is 3.68. The van der Waals surface area contributed by atoms with Crippen molar-refractivity contribution < 1.29 is 9.53 Å². The minimum Gasteiger partial charge on any atom is -0.494 e. The number of ether oxygens (including phenoxy) is 1. The Morgan fingerprint density at radius 1 is 1.30 bits per heavy atom. The van der Waals surface area contributed by atoms with E-state index in [9.17, 15) is 4.79 Å². The number of anilines is 1. The quantitative estimate of drug-likeness (QED) is 0.846. The predicted molar refractivity (Wildman–Crippen MR) is 80.0 cm³/mol. The van der Waals surface area contributed by atoms with Gasteiger partial charge in [0, 0.05) is 26.2 Å². The first-order valence-electron chi connectivity index (χ1n) is 7.11. The number of carbonyl (C=O) groups is 1. The molecule has 0 bridgehead atoms. The van der Waals surface area contributed by atoms with Gasteiger partial charge in [0.25, 0.3) is 5.91 Å². The summed E-state index contributed by atoms with van der Waals surface area (Å²) in [5.74, 6) is 0.485. The number of nitrogens with two attached hydrogens (primary N) is 1. The van der Waals surface area contributed by atoms with E-state index in [4.69, 9.17) is 10.5 Å². The summed E-state index contributed by atoms with van der Waals surface area (Å²) in [6.07, 6.45) is 1.15. The summed E-state index contributed by atoms with van der Waals surface area (Å²) in [5, 5.41) is 0. The fourth-order valence-corrected chi connectivity index (χ4v) is 2.61. The lowest BCUT2D eigenvalue weighted by Crippen LogP contribution is -2.48. The van der Waals surface area contributed by atoms with E-state index in [2.05, 4.69) is 11.8 Å². The number of piperazine rings is 1. The first-order chi connectivity index (χ1) is 9.67. The molecule has 2 rings (SSSR count). The molecule has 1 aromatic rings. The van der Waals surface area contributed by atoms with Gasteiger partial charge in [0.05, 0.1) is 18.4 Å². The van der Waals surface area contributed by atoms with E-state index in [1.54, 1.807) is 25.3 Å². The van der Waals surface area contributed by atoms with Gasteiger partial charge in [-0.05, 0) is 25.1 Å². The van der Waals surface area contributed by atoms with Crippen molar-refractivity contribution in [3.63, 3.8) is 0 Å². The van der Waals surface area contributed by atoms with Crippen LogP contribution in [0.2, 0.25) is 0 Å². The zero-order chi connectivity index (χ0) is 14.5. The van der Waals surface area contributed by atoms with E-state index in [1.807, 2.05) is 4.90 Å². The topological polar surface area (TPSA) is 58.8 Å². The predicted octanol–water partition coefficient (Wildman–Crippen LogP) is 1.45. The van der Waals surface area contributed by atoms with Gasteiger partial charge >= 0.3 is 0 Å². The molecule has 1 fully saturated rings. The fraction of sp³-hybridized carbons (Fsp3) is 0.533. The number of rotatable bonds is 4. The van der Waals surface area contributed by atoms with Crippen LogP contribution in [-0.2, 0) is 0 Å². The van der Waals surface area contributed by atoms with E-state index < -0.39 is 0 Å². The van der Waals surface area contributed by atoms with Crippen molar-refractivity contribution in [2.45, 2.75) is 13.3 Å². The molecule has 0 saturated carbocycles. The number of nitrogens with zero attached hydrogens (tertiary/aromatic N) is 2. The Kier molecular flexibility index (Phi) is 4.84. The molecule has 1 aromatic carbocycles. The van der Waals surface area contributed by atoms with Crippen LogP contribution < -0.4 is 10.5 Å². The highest BCUT2D eigenvalue weighted by atomic mass is 16.5. The number of amides is 1. The lowest BCUT2D eigenvalue weighted by atomic mass is 10.1. The SMILES string of the molecule is CCCN1CCN(C(=O)c2cccc(N)c2OC)CC1. The second-order valence-electron chi connectivity index (χ2n) is 5.06. The van der Waals surface area contributed by atoms with Crippen molar-refractivity contribution in [2.75, 3.05) is 45.6 Å². The van der Waals surface area contributed by atoms with Gasteiger partial charge in [-0.25, -0.2) is 0 Å². The summed E-state index contributed by atoms with van der Waals surface area (Å²) in [6, 6.07) is 5.31. The lowest BCUT2D eigenvalue weighted by molar-refractivity contribution is 0.0634. The van der Waals surface area contributed by atoms with Crippen molar-refractivity contribution >= 4 is 11.6 Å². The summed E-state index contributed by atoms with van der Waals surface area (Å²) >= 11 is 0. The lowest BCUT2D eigenvalue weighted by Gasteiger charge is -2.34. The molecule has 2 N–H and O–H groups in total. The van der Waals surface area contributed by atoms with E-state index in [0.717, 1.165) is 39.1 Å². The highest BCUT2D eigenvalue weighted by Gasteiger charge is 2.24. The zero-order valence-electron chi connectivity index (χ0n) is 12.3. The summed E-state index contributed by atoms with van der Waals surface area (Å²) in [5.41, 5.74) is 6.91. The summed E-state index contributed by atoms with van der Waals surface area (Å²) in [4.78, 5) is 16.8. The van der Waals surface area contributed by atoms with E-state index in [1.165, 1.54) is 0 Å². The maximum atomic E-state index is 12.6. The zero-order valence-corrected chi connectivity index (χ0v) is 12.3. The van der Waals surface area contributed by atoms with Crippen molar-refractivity contribution in [1.82, 2.24) is 9.80 Å². The number of benzene rings is 1. The van der Waals surface area contributed by atoms with Crippen molar-refractivity contribution in [1.29, 1.82) is 0 Å². The number of hydrogen-bond donors (Lipinski definition) is 1. The average Bonchev–Trinajstić information content (AvgIpc) is 2.47. The van der Waals surface area contributed by atoms with Crippen LogP contribution in [0.3, 0.4) is 0 Å². The maximum Gasteiger partial charge on any atom is 0.257 e. The third-order valence-electron chi connectivity index (χ3n) is 3.68. The Morgan fingerprint density at radius 3 is 2.60 bits per heavy atom. The molecule has 5 nitrogen and oxygen atoms in total.